The molecule has 2 unspecified atom stereocenters. The molecule has 0 saturated carbocycles. The second kappa shape index (κ2) is 6.53. The Bertz CT molecular complexity index is 276. The molecular formula is C14H27N3O. The highest BCUT2D eigenvalue weighted by Crippen LogP contribution is 2.16. The maximum atomic E-state index is 12.2. The summed E-state index contributed by atoms with van der Waals surface area (Å²) in [6.07, 6.45) is 6.85. The molecule has 104 valence electrons. The summed E-state index contributed by atoms with van der Waals surface area (Å²) in [5.74, 6) is 0.301. The van der Waals surface area contributed by atoms with E-state index < -0.39 is 0 Å². The summed E-state index contributed by atoms with van der Waals surface area (Å²) < 4.78 is 0. The Balaban J connectivity index is 1.73. The molecule has 2 aliphatic rings. The zero-order chi connectivity index (χ0) is 13.0. The number of amides is 1. The van der Waals surface area contributed by atoms with Crippen molar-refractivity contribution in [2.75, 3.05) is 33.7 Å². The molecule has 2 fully saturated rings. The van der Waals surface area contributed by atoms with Crippen molar-refractivity contribution in [3.63, 3.8) is 0 Å². The monoisotopic (exact) mass is 253 g/mol. The van der Waals surface area contributed by atoms with Crippen LogP contribution in [0.5, 0.6) is 0 Å². The molecule has 0 radical (unpaired) electrons. The van der Waals surface area contributed by atoms with E-state index in [1.54, 1.807) is 0 Å². The lowest BCUT2D eigenvalue weighted by atomic mass is 10.0. The van der Waals surface area contributed by atoms with Gasteiger partial charge in [0.25, 0.3) is 0 Å². The molecule has 4 heteroatoms. The number of carbonyl (C=O) groups is 1. The normalized spacial score (nSPS) is 29.4. The van der Waals surface area contributed by atoms with E-state index in [0.29, 0.717) is 24.4 Å². The Morgan fingerprint density at radius 3 is 2.78 bits per heavy atom. The first-order valence-corrected chi connectivity index (χ1v) is 7.34. The van der Waals surface area contributed by atoms with E-state index in [0.717, 1.165) is 19.5 Å². The molecule has 0 bridgehead atoms. The van der Waals surface area contributed by atoms with Gasteiger partial charge in [0.2, 0.25) is 5.91 Å². The summed E-state index contributed by atoms with van der Waals surface area (Å²) in [6.45, 7) is 3.14. The third kappa shape index (κ3) is 3.69. The topological polar surface area (TPSA) is 35.6 Å². The Morgan fingerprint density at radius 1 is 1.33 bits per heavy atom. The standard InChI is InChI=1S/C14H27N3O/c1-16-9-5-7-13(16)11-17(2)14(18)10-12-6-3-4-8-15-12/h12-13,15H,3-11H2,1-2H3. The summed E-state index contributed by atoms with van der Waals surface area (Å²) >= 11 is 0. The lowest BCUT2D eigenvalue weighted by molar-refractivity contribution is -0.131. The van der Waals surface area contributed by atoms with Crippen LogP contribution in [0.2, 0.25) is 0 Å². The molecule has 2 aliphatic heterocycles. The molecule has 2 heterocycles. The first kappa shape index (κ1) is 13.8. The highest BCUT2D eigenvalue weighted by molar-refractivity contribution is 5.76. The quantitative estimate of drug-likeness (QED) is 0.814. The van der Waals surface area contributed by atoms with Crippen LogP contribution in [0, 0.1) is 0 Å². The van der Waals surface area contributed by atoms with E-state index in [9.17, 15) is 4.79 Å². The highest BCUT2D eigenvalue weighted by Gasteiger charge is 2.25. The number of piperidine rings is 1. The number of hydrogen-bond donors (Lipinski definition) is 1. The Kier molecular flexibility index (Phi) is 5.01. The van der Waals surface area contributed by atoms with Gasteiger partial charge in [0.1, 0.15) is 0 Å². The third-order valence-electron chi connectivity index (χ3n) is 4.42. The number of carbonyl (C=O) groups excluding carboxylic acids is 1. The number of hydrogen-bond acceptors (Lipinski definition) is 3. The second-order valence-electron chi connectivity index (χ2n) is 5.90. The van der Waals surface area contributed by atoms with E-state index >= 15 is 0 Å². The van der Waals surface area contributed by atoms with Crippen LogP contribution in [0.1, 0.15) is 38.5 Å². The lowest BCUT2D eigenvalue weighted by Crippen LogP contribution is -2.43. The van der Waals surface area contributed by atoms with Crippen LogP contribution < -0.4 is 5.32 Å². The Morgan fingerprint density at radius 2 is 2.17 bits per heavy atom. The molecule has 0 spiro atoms. The lowest BCUT2D eigenvalue weighted by Gasteiger charge is -2.28. The SMILES string of the molecule is CN(CC1CCCN1C)C(=O)CC1CCCCN1. The fraction of sp³-hybridized carbons (Fsp3) is 0.929. The smallest absolute Gasteiger partial charge is 0.223 e. The van der Waals surface area contributed by atoms with E-state index in [4.69, 9.17) is 0 Å². The van der Waals surface area contributed by atoms with Gasteiger partial charge >= 0.3 is 0 Å². The van der Waals surface area contributed by atoms with Crippen molar-refractivity contribution < 1.29 is 4.79 Å². The van der Waals surface area contributed by atoms with Gasteiger partial charge < -0.3 is 15.1 Å². The maximum absolute atomic E-state index is 12.2. The van der Waals surface area contributed by atoms with Crippen LogP contribution in [-0.2, 0) is 4.79 Å². The van der Waals surface area contributed by atoms with Crippen LogP contribution in [-0.4, -0.2) is 61.5 Å². The van der Waals surface area contributed by atoms with Gasteiger partial charge in [-0.15, -0.1) is 0 Å². The minimum atomic E-state index is 0.301. The number of likely N-dealkylation sites (tertiary alicyclic amines) is 1. The molecule has 1 N–H and O–H groups in total. The largest absolute Gasteiger partial charge is 0.344 e. The van der Waals surface area contributed by atoms with Crippen molar-refractivity contribution in [2.24, 2.45) is 0 Å². The van der Waals surface area contributed by atoms with Crippen LogP contribution in [0.3, 0.4) is 0 Å². The molecule has 2 atom stereocenters. The van der Waals surface area contributed by atoms with Gasteiger partial charge in [0.15, 0.2) is 0 Å². The molecular weight excluding hydrogens is 226 g/mol. The highest BCUT2D eigenvalue weighted by atomic mass is 16.2. The first-order valence-electron chi connectivity index (χ1n) is 7.34. The van der Waals surface area contributed by atoms with Crippen molar-refractivity contribution in [1.29, 1.82) is 0 Å². The molecule has 2 rings (SSSR count). The van der Waals surface area contributed by atoms with Crippen LogP contribution in [0.4, 0.5) is 0 Å². The summed E-state index contributed by atoms with van der Waals surface area (Å²) in [5, 5.41) is 3.45. The molecule has 2 saturated heterocycles. The maximum Gasteiger partial charge on any atom is 0.223 e. The summed E-state index contributed by atoms with van der Waals surface area (Å²) in [7, 11) is 4.12. The summed E-state index contributed by atoms with van der Waals surface area (Å²) in [6, 6.07) is 0.980. The molecule has 4 nitrogen and oxygen atoms in total. The average molecular weight is 253 g/mol. The van der Waals surface area contributed by atoms with Crippen LogP contribution >= 0.6 is 0 Å². The zero-order valence-corrected chi connectivity index (χ0v) is 11.8. The van der Waals surface area contributed by atoms with Gasteiger partial charge in [0, 0.05) is 32.1 Å². The van der Waals surface area contributed by atoms with Crippen molar-refractivity contribution >= 4 is 5.91 Å². The fourth-order valence-electron chi connectivity index (χ4n) is 3.09. The predicted octanol–water partition coefficient (Wildman–Crippen LogP) is 1.07. The van der Waals surface area contributed by atoms with Crippen molar-refractivity contribution in [3.05, 3.63) is 0 Å². The van der Waals surface area contributed by atoms with Gasteiger partial charge in [-0.1, -0.05) is 6.42 Å². The predicted molar refractivity (Wildman–Crippen MR) is 73.5 cm³/mol. The van der Waals surface area contributed by atoms with Crippen molar-refractivity contribution in [3.8, 4) is 0 Å². The van der Waals surface area contributed by atoms with Crippen molar-refractivity contribution in [1.82, 2.24) is 15.1 Å². The minimum Gasteiger partial charge on any atom is -0.344 e. The molecule has 0 aromatic carbocycles. The summed E-state index contributed by atoms with van der Waals surface area (Å²) in [5.41, 5.74) is 0. The number of rotatable bonds is 4. The van der Waals surface area contributed by atoms with E-state index in [1.165, 1.54) is 32.2 Å². The zero-order valence-electron chi connectivity index (χ0n) is 11.8. The van der Waals surface area contributed by atoms with E-state index in [2.05, 4.69) is 17.3 Å². The van der Waals surface area contributed by atoms with Gasteiger partial charge in [0.05, 0.1) is 0 Å². The van der Waals surface area contributed by atoms with Gasteiger partial charge in [-0.25, -0.2) is 0 Å². The first-order chi connectivity index (χ1) is 8.66. The summed E-state index contributed by atoms with van der Waals surface area (Å²) in [4.78, 5) is 16.5. The Hall–Kier alpha value is -0.610. The Labute approximate surface area is 111 Å². The number of nitrogens with zero attached hydrogens (tertiary/aromatic N) is 2. The van der Waals surface area contributed by atoms with Crippen LogP contribution in [0.15, 0.2) is 0 Å². The van der Waals surface area contributed by atoms with Gasteiger partial charge in [-0.3, -0.25) is 4.79 Å². The third-order valence-corrected chi connectivity index (χ3v) is 4.42. The van der Waals surface area contributed by atoms with Crippen LogP contribution in [0.25, 0.3) is 0 Å². The molecule has 0 aromatic rings. The molecule has 0 aromatic heterocycles. The minimum absolute atomic E-state index is 0.301. The van der Waals surface area contributed by atoms with E-state index in [-0.39, 0.29) is 0 Å². The average Bonchev–Trinajstić information content (AvgIpc) is 2.76. The molecule has 0 aliphatic carbocycles. The second-order valence-corrected chi connectivity index (χ2v) is 5.90. The van der Waals surface area contributed by atoms with E-state index in [1.807, 2.05) is 11.9 Å². The van der Waals surface area contributed by atoms with Crippen molar-refractivity contribution in [2.45, 2.75) is 50.6 Å². The van der Waals surface area contributed by atoms with Gasteiger partial charge in [-0.2, -0.15) is 0 Å². The van der Waals surface area contributed by atoms with Gasteiger partial charge in [-0.05, 0) is 45.8 Å². The molecule has 18 heavy (non-hydrogen) atoms. The number of nitrogens with one attached hydrogen (secondary N) is 1. The number of likely N-dealkylation sites (N-methyl/N-ethyl adjacent to an activating group) is 2. The molecule has 1 amide bonds. The fourth-order valence-corrected chi connectivity index (χ4v) is 3.09.